The maximum atomic E-state index is 11.8. The molecule has 0 radical (unpaired) electrons. The average Bonchev–Trinajstić information content (AvgIpc) is 2.16. The Hall–Kier alpha value is -1.67. The van der Waals surface area contributed by atoms with Gasteiger partial charge in [-0.05, 0) is 6.92 Å². The molecule has 1 saturated heterocycles. The summed E-state index contributed by atoms with van der Waals surface area (Å²) in [5.41, 5.74) is -0.741. The molecule has 0 amide bonds. The van der Waals surface area contributed by atoms with Gasteiger partial charge in [-0.3, -0.25) is 0 Å². The second-order valence-electron chi connectivity index (χ2n) is 3.90. The van der Waals surface area contributed by atoms with Crippen LogP contribution in [0.5, 0.6) is 0 Å². The van der Waals surface area contributed by atoms with Crippen LogP contribution < -0.4 is 5.48 Å². The van der Waals surface area contributed by atoms with Crippen LogP contribution in [0.2, 0.25) is 0 Å². The first-order valence-corrected chi connectivity index (χ1v) is 4.76. The fraction of sp³-hybridized carbons (Fsp3) is 0.667. The summed E-state index contributed by atoms with van der Waals surface area (Å²) < 4.78 is 9.76. The van der Waals surface area contributed by atoms with E-state index in [4.69, 9.17) is 14.7 Å². The van der Waals surface area contributed by atoms with Crippen molar-refractivity contribution in [3.05, 3.63) is 0 Å². The molecule has 0 unspecified atom stereocenters. The highest BCUT2D eigenvalue weighted by atomic mass is 16.8. The number of oxime groups is 1. The van der Waals surface area contributed by atoms with Crippen molar-refractivity contribution in [3.8, 4) is 0 Å². The van der Waals surface area contributed by atoms with E-state index in [1.54, 1.807) is 5.48 Å². The molecule has 17 heavy (non-hydrogen) atoms. The van der Waals surface area contributed by atoms with E-state index in [0.717, 1.165) is 0 Å². The molecule has 1 rings (SSSR count). The van der Waals surface area contributed by atoms with Crippen molar-refractivity contribution in [1.82, 2.24) is 5.48 Å². The van der Waals surface area contributed by atoms with Gasteiger partial charge in [-0.2, -0.15) is 5.48 Å². The van der Waals surface area contributed by atoms with Gasteiger partial charge in [0.25, 0.3) is 11.3 Å². The van der Waals surface area contributed by atoms with Crippen molar-refractivity contribution >= 4 is 17.7 Å². The minimum absolute atomic E-state index is 0.131. The topological polar surface area (TPSA) is 106 Å². The van der Waals surface area contributed by atoms with Crippen LogP contribution in [0, 0.1) is 0 Å². The molecule has 1 heterocycles. The lowest BCUT2D eigenvalue weighted by atomic mass is 9.94. The highest BCUT2D eigenvalue weighted by Gasteiger charge is 2.59. The van der Waals surface area contributed by atoms with Gasteiger partial charge in [0.2, 0.25) is 0 Å². The van der Waals surface area contributed by atoms with Gasteiger partial charge in [-0.1, -0.05) is 5.16 Å². The summed E-state index contributed by atoms with van der Waals surface area (Å²) in [4.78, 5) is 28.1. The van der Waals surface area contributed by atoms with Gasteiger partial charge >= 0.3 is 11.9 Å². The maximum Gasteiger partial charge on any atom is 0.349 e. The van der Waals surface area contributed by atoms with Gasteiger partial charge in [-0.25, -0.2) is 9.59 Å². The number of nitrogens with one attached hydrogen (secondary N) is 1. The zero-order valence-corrected chi connectivity index (χ0v) is 9.94. The summed E-state index contributed by atoms with van der Waals surface area (Å²) in [6.45, 7) is 4.10. The number of ether oxygens (including phenoxy) is 2. The third-order valence-corrected chi connectivity index (χ3v) is 2.23. The first-order chi connectivity index (χ1) is 7.80. The Balaban J connectivity index is 3.21. The molecule has 0 atom stereocenters. The number of esters is 2. The summed E-state index contributed by atoms with van der Waals surface area (Å²) in [5, 5.41) is 12.5. The van der Waals surface area contributed by atoms with Crippen LogP contribution in [-0.4, -0.2) is 41.3 Å². The van der Waals surface area contributed by atoms with Gasteiger partial charge in [0.1, 0.15) is 7.11 Å². The normalized spacial score (nSPS) is 22.8. The quantitative estimate of drug-likeness (QED) is 0.301. The van der Waals surface area contributed by atoms with E-state index < -0.39 is 23.3 Å². The van der Waals surface area contributed by atoms with Gasteiger partial charge < -0.3 is 19.5 Å². The van der Waals surface area contributed by atoms with E-state index in [1.165, 1.54) is 27.9 Å². The number of cyclic esters (lactones) is 2. The van der Waals surface area contributed by atoms with Crippen LogP contribution in [0.15, 0.2) is 5.16 Å². The largest absolute Gasteiger partial charge is 0.421 e. The lowest BCUT2D eigenvalue weighted by Crippen LogP contribution is -2.68. The van der Waals surface area contributed by atoms with E-state index in [1.807, 2.05) is 0 Å². The number of nitrogens with zero attached hydrogens (tertiary/aromatic N) is 1. The second-order valence-corrected chi connectivity index (χ2v) is 3.90. The molecule has 96 valence electrons. The van der Waals surface area contributed by atoms with Crippen LogP contribution in [0.25, 0.3) is 0 Å². The Morgan fingerprint density at radius 1 is 1.35 bits per heavy atom. The summed E-state index contributed by atoms with van der Waals surface area (Å²) >= 11 is 0. The monoisotopic (exact) mass is 246 g/mol. The Morgan fingerprint density at radius 2 is 1.82 bits per heavy atom. The molecule has 8 nitrogen and oxygen atoms in total. The van der Waals surface area contributed by atoms with Gasteiger partial charge in [0.15, 0.2) is 0 Å². The standard InChI is InChI=1S/C9H14N2O6/c1-5(10-15-4)9(11-14)6(12)16-8(2,3)17-7(9)13/h11,14H,1-4H3/b10-5+. The Morgan fingerprint density at radius 3 is 2.18 bits per heavy atom. The smallest absolute Gasteiger partial charge is 0.349 e. The SMILES string of the molecule is CO/N=C(\C)C1(NO)C(=O)OC(C)(C)OC1=O. The van der Waals surface area contributed by atoms with E-state index in [2.05, 4.69) is 9.99 Å². The number of hydroxylamine groups is 1. The minimum Gasteiger partial charge on any atom is -0.421 e. The lowest BCUT2D eigenvalue weighted by Gasteiger charge is -2.38. The maximum absolute atomic E-state index is 11.8. The van der Waals surface area contributed by atoms with E-state index in [9.17, 15) is 9.59 Å². The molecule has 1 aliphatic heterocycles. The molecule has 8 heteroatoms. The molecule has 0 spiro atoms. The third-order valence-electron chi connectivity index (χ3n) is 2.23. The number of hydrogen-bond acceptors (Lipinski definition) is 8. The first kappa shape index (κ1) is 13.4. The number of carbonyl (C=O) groups excluding carboxylic acids is 2. The van der Waals surface area contributed by atoms with E-state index in [-0.39, 0.29) is 5.71 Å². The molecular weight excluding hydrogens is 232 g/mol. The first-order valence-electron chi connectivity index (χ1n) is 4.76. The van der Waals surface area contributed by atoms with Crippen molar-refractivity contribution in [2.24, 2.45) is 5.16 Å². The van der Waals surface area contributed by atoms with Crippen LogP contribution >= 0.6 is 0 Å². The number of carbonyl (C=O) groups is 2. The molecule has 0 saturated carbocycles. The van der Waals surface area contributed by atoms with Crippen LogP contribution in [-0.2, 0) is 23.9 Å². The zero-order valence-electron chi connectivity index (χ0n) is 9.94. The van der Waals surface area contributed by atoms with Gasteiger partial charge in [-0.15, -0.1) is 0 Å². The average molecular weight is 246 g/mol. The van der Waals surface area contributed by atoms with Crippen molar-refractivity contribution in [2.45, 2.75) is 32.1 Å². The number of rotatable bonds is 3. The molecule has 0 aromatic heterocycles. The molecular formula is C9H14N2O6. The van der Waals surface area contributed by atoms with Gasteiger partial charge in [0, 0.05) is 13.8 Å². The van der Waals surface area contributed by atoms with Crippen molar-refractivity contribution in [3.63, 3.8) is 0 Å². The summed E-state index contributed by atoms with van der Waals surface area (Å²) in [7, 11) is 1.23. The zero-order chi connectivity index (χ0) is 13.3. The van der Waals surface area contributed by atoms with Crippen LogP contribution in [0.4, 0.5) is 0 Å². The van der Waals surface area contributed by atoms with Crippen LogP contribution in [0.3, 0.4) is 0 Å². The predicted octanol–water partition coefficient (Wildman–Crippen LogP) is -0.438. The Bertz CT molecular complexity index is 356. The highest BCUT2D eigenvalue weighted by Crippen LogP contribution is 2.27. The second kappa shape index (κ2) is 4.30. The van der Waals surface area contributed by atoms with E-state index >= 15 is 0 Å². The molecule has 2 N–H and O–H groups in total. The number of hydrogen-bond donors (Lipinski definition) is 2. The summed E-state index contributed by atoms with van der Waals surface area (Å²) in [6, 6.07) is 0. The minimum atomic E-state index is -2.19. The van der Waals surface area contributed by atoms with Crippen LogP contribution in [0.1, 0.15) is 20.8 Å². The van der Waals surface area contributed by atoms with Gasteiger partial charge in [0.05, 0.1) is 5.71 Å². The van der Waals surface area contributed by atoms with E-state index in [0.29, 0.717) is 0 Å². The highest BCUT2D eigenvalue weighted by molar-refractivity contribution is 6.27. The van der Waals surface area contributed by atoms with Crippen molar-refractivity contribution in [2.75, 3.05) is 7.11 Å². The summed E-state index contributed by atoms with van der Waals surface area (Å²) in [6.07, 6.45) is 0. The fourth-order valence-electron chi connectivity index (χ4n) is 1.38. The third kappa shape index (κ3) is 2.08. The molecule has 1 fully saturated rings. The predicted molar refractivity (Wildman–Crippen MR) is 54.0 cm³/mol. The molecule has 0 aliphatic carbocycles. The fourth-order valence-corrected chi connectivity index (χ4v) is 1.38. The molecule has 0 aromatic carbocycles. The Labute approximate surface area is 97.5 Å². The van der Waals surface area contributed by atoms with Crippen molar-refractivity contribution in [1.29, 1.82) is 0 Å². The van der Waals surface area contributed by atoms with Crippen molar-refractivity contribution < 1.29 is 29.1 Å². The molecule has 0 aromatic rings. The summed E-state index contributed by atoms with van der Waals surface area (Å²) in [5.74, 6) is -3.42. The lowest BCUT2D eigenvalue weighted by molar-refractivity contribution is -0.244. The molecule has 1 aliphatic rings. The molecule has 0 bridgehead atoms. The Kier molecular flexibility index (Phi) is 3.39.